The first-order valence-corrected chi connectivity index (χ1v) is 8.34. The van der Waals surface area contributed by atoms with E-state index < -0.39 is 30.1 Å². The quantitative estimate of drug-likeness (QED) is 0.704. The molecule has 3 aromatic rings. The molecule has 0 radical (unpaired) electrons. The van der Waals surface area contributed by atoms with Gasteiger partial charge in [0, 0.05) is 18.2 Å². The molecule has 0 aliphatic heterocycles. The zero-order valence-corrected chi connectivity index (χ0v) is 15.1. The Morgan fingerprint density at radius 1 is 1.10 bits per heavy atom. The minimum absolute atomic E-state index is 0.291. The van der Waals surface area contributed by atoms with E-state index >= 15 is 0 Å². The van der Waals surface area contributed by atoms with Crippen molar-refractivity contribution in [3.05, 3.63) is 66.1 Å². The molecule has 3 rings (SSSR count). The molecule has 1 heterocycles. The fourth-order valence-corrected chi connectivity index (χ4v) is 2.59. The number of para-hydroxylation sites is 1. The maximum Gasteiger partial charge on any atom is 0.418 e. The molecule has 0 aliphatic carbocycles. The Hall–Kier alpha value is -3.69. The molecule has 150 valence electrons. The number of amides is 2. The van der Waals surface area contributed by atoms with Crippen molar-refractivity contribution in [3.63, 3.8) is 0 Å². The molecule has 29 heavy (non-hydrogen) atoms. The van der Waals surface area contributed by atoms with Crippen molar-refractivity contribution < 1.29 is 27.2 Å². The van der Waals surface area contributed by atoms with Gasteiger partial charge in [0.15, 0.2) is 0 Å². The fourth-order valence-electron chi connectivity index (χ4n) is 2.59. The molecule has 1 aromatic heterocycles. The highest BCUT2D eigenvalue weighted by Gasteiger charge is 2.33. The monoisotopic (exact) mass is 404 g/mol. The Labute approximate surface area is 163 Å². The summed E-state index contributed by atoms with van der Waals surface area (Å²) >= 11 is 0. The van der Waals surface area contributed by atoms with Crippen LogP contribution in [0.3, 0.4) is 0 Å². The first-order valence-electron chi connectivity index (χ1n) is 8.34. The lowest BCUT2D eigenvalue weighted by Crippen LogP contribution is -2.35. The summed E-state index contributed by atoms with van der Waals surface area (Å²) < 4.78 is 44.1. The number of carbonyl (C=O) groups is 2. The summed E-state index contributed by atoms with van der Waals surface area (Å²) in [6.07, 6.45) is -3.43. The summed E-state index contributed by atoms with van der Waals surface area (Å²) in [6.45, 7) is -0.420. The van der Waals surface area contributed by atoms with Crippen LogP contribution in [-0.4, -0.2) is 40.5 Å². The molecule has 0 spiro atoms. The number of anilines is 1. The predicted octanol–water partition coefficient (Wildman–Crippen LogP) is 3.47. The van der Waals surface area contributed by atoms with Gasteiger partial charge in [-0.2, -0.15) is 13.2 Å². The third-order valence-electron chi connectivity index (χ3n) is 3.97. The van der Waals surface area contributed by atoms with Crippen molar-refractivity contribution in [1.29, 1.82) is 0 Å². The Kier molecular flexibility index (Phi) is 5.62. The Bertz CT molecular complexity index is 1000. The topological polar surface area (TPSA) is 88.3 Å². The maximum absolute atomic E-state index is 13.0. The van der Waals surface area contributed by atoms with Gasteiger partial charge in [-0.3, -0.25) is 9.59 Å². The van der Waals surface area contributed by atoms with Crippen molar-refractivity contribution in [2.75, 3.05) is 18.9 Å². The van der Waals surface area contributed by atoms with E-state index in [1.807, 2.05) is 0 Å². The van der Waals surface area contributed by atoms with Crippen LogP contribution in [0.1, 0.15) is 15.9 Å². The van der Waals surface area contributed by atoms with Crippen LogP contribution in [-0.2, 0) is 11.0 Å². The summed E-state index contributed by atoms with van der Waals surface area (Å²) in [5.41, 5.74) is -0.420. The number of hydrogen-bond donors (Lipinski definition) is 1. The third-order valence-corrected chi connectivity index (χ3v) is 3.97. The normalized spacial score (nSPS) is 11.2. The number of alkyl halides is 3. The zero-order chi connectivity index (χ0) is 21.0. The second-order valence-corrected chi connectivity index (χ2v) is 6.07. The summed E-state index contributed by atoms with van der Waals surface area (Å²) in [7, 11) is 1.38. The predicted molar refractivity (Wildman–Crippen MR) is 96.8 cm³/mol. The summed E-state index contributed by atoms with van der Waals surface area (Å²) in [4.78, 5) is 25.7. The standard InChI is InChI=1S/C19H15F3N4O3/c1-26(10-16(27)24-15-5-3-2-4-14(15)19(20,21)22)18(28)13-8-6-12(7-9-13)17-25-23-11-29-17/h2-9,11H,10H2,1H3,(H,24,27). The van der Waals surface area contributed by atoms with Gasteiger partial charge in [0.25, 0.3) is 5.91 Å². The Morgan fingerprint density at radius 2 is 1.79 bits per heavy atom. The van der Waals surface area contributed by atoms with Gasteiger partial charge in [-0.25, -0.2) is 0 Å². The molecular weight excluding hydrogens is 389 g/mol. The molecular formula is C19H15F3N4O3. The molecule has 0 saturated carbocycles. The maximum atomic E-state index is 13.0. The number of nitrogens with zero attached hydrogens (tertiary/aromatic N) is 3. The molecule has 2 aromatic carbocycles. The van der Waals surface area contributed by atoms with E-state index in [2.05, 4.69) is 15.5 Å². The third kappa shape index (κ3) is 4.78. The van der Waals surface area contributed by atoms with Gasteiger partial charge in [0.2, 0.25) is 18.2 Å². The number of carbonyl (C=O) groups excluding carboxylic acids is 2. The summed E-state index contributed by atoms with van der Waals surface area (Å²) in [6, 6.07) is 10.9. The van der Waals surface area contributed by atoms with Gasteiger partial charge in [-0.15, -0.1) is 10.2 Å². The van der Waals surface area contributed by atoms with Crippen LogP contribution in [0.2, 0.25) is 0 Å². The van der Waals surface area contributed by atoms with Gasteiger partial charge in [0.1, 0.15) is 0 Å². The van der Waals surface area contributed by atoms with Gasteiger partial charge >= 0.3 is 6.18 Å². The summed E-state index contributed by atoms with van der Waals surface area (Å²) in [5.74, 6) is -0.929. The minimum atomic E-state index is -4.61. The van der Waals surface area contributed by atoms with Crippen molar-refractivity contribution in [2.24, 2.45) is 0 Å². The van der Waals surface area contributed by atoms with Crippen LogP contribution >= 0.6 is 0 Å². The molecule has 0 aliphatic rings. The number of likely N-dealkylation sites (N-methyl/N-ethyl adjacent to an activating group) is 1. The lowest BCUT2D eigenvalue weighted by molar-refractivity contribution is -0.137. The fraction of sp³-hybridized carbons (Fsp3) is 0.158. The van der Waals surface area contributed by atoms with Crippen LogP contribution in [0.4, 0.5) is 18.9 Å². The lowest BCUT2D eigenvalue weighted by atomic mass is 10.1. The van der Waals surface area contributed by atoms with E-state index in [1.165, 1.54) is 37.7 Å². The van der Waals surface area contributed by atoms with Gasteiger partial charge in [-0.1, -0.05) is 12.1 Å². The highest BCUT2D eigenvalue weighted by molar-refractivity contribution is 5.99. The van der Waals surface area contributed by atoms with Gasteiger partial charge in [0.05, 0.1) is 17.8 Å². The van der Waals surface area contributed by atoms with Crippen LogP contribution < -0.4 is 5.32 Å². The summed E-state index contributed by atoms with van der Waals surface area (Å²) in [5, 5.41) is 9.52. The lowest BCUT2D eigenvalue weighted by Gasteiger charge is -2.18. The van der Waals surface area contributed by atoms with Gasteiger partial charge < -0.3 is 14.6 Å². The van der Waals surface area contributed by atoms with Crippen molar-refractivity contribution >= 4 is 17.5 Å². The Balaban J connectivity index is 1.65. The van der Waals surface area contributed by atoms with Crippen molar-refractivity contribution in [3.8, 4) is 11.5 Å². The van der Waals surface area contributed by atoms with E-state index in [-0.39, 0.29) is 5.69 Å². The number of benzene rings is 2. The molecule has 0 unspecified atom stereocenters. The molecule has 0 saturated heterocycles. The van der Waals surface area contributed by atoms with E-state index in [1.54, 1.807) is 12.1 Å². The number of hydrogen-bond acceptors (Lipinski definition) is 5. The SMILES string of the molecule is CN(CC(=O)Nc1ccccc1C(F)(F)F)C(=O)c1ccc(-c2nnco2)cc1. The number of rotatable bonds is 5. The van der Waals surface area contributed by atoms with E-state index in [0.29, 0.717) is 17.0 Å². The molecule has 0 atom stereocenters. The highest BCUT2D eigenvalue weighted by atomic mass is 19.4. The van der Waals surface area contributed by atoms with Crippen LogP contribution in [0.5, 0.6) is 0 Å². The average molecular weight is 404 g/mol. The minimum Gasteiger partial charge on any atom is -0.423 e. The van der Waals surface area contributed by atoms with Crippen LogP contribution in [0.25, 0.3) is 11.5 Å². The van der Waals surface area contributed by atoms with E-state index in [0.717, 1.165) is 17.0 Å². The molecule has 0 fully saturated rings. The smallest absolute Gasteiger partial charge is 0.418 e. The molecule has 2 amide bonds. The zero-order valence-electron chi connectivity index (χ0n) is 15.1. The number of nitrogens with one attached hydrogen (secondary N) is 1. The molecule has 7 nitrogen and oxygen atoms in total. The van der Waals surface area contributed by atoms with E-state index in [4.69, 9.17) is 4.42 Å². The van der Waals surface area contributed by atoms with Crippen molar-refractivity contribution in [2.45, 2.75) is 6.18 Å². The van der Waals surface area contributed by atoms with Crippen LogP contribution in [0.15, 0.2) is 59.3 Å². The molecule has 1 N–H and O–H groups in total. The Morgan fingerprint density at radius 3 is 2.41 bits per heavy atom. The van der Waals surface area contributed by atoms with E-state index in [9.17, 15) is 22.8 Å². The second kappa shape index (κ2) is 8.13. The van der Waals surface area contributed by atoms with Crippen LogP contribution in [0, 0.1) is 0 Å². The average Bonchev–Trinajstić information content (AvgIpc) is 3.22. The van der Waals surface area contributed by atoms with Crippen molar-refractivity contribution in [1.82, 2.24) is 15.1 Å². The number of halogens is 3. The second-order valence-electron chi connectivity index (χ2n) is 6.07. The number of aromatic nitrogens is 2. The van der Waals surface area contributed by atoms with Gasteiger partial charge in [-0.05, 0) is 36.4 Å². The first-order chi connectivity index (χ1) is 13.8. The highest BCUT2D eigenvalue weighted by Crippen LogP contribution is 2.34. The molecule has 10 heteroatoms. The largest absolute Gasteiger partial charge is 0.423 e. The first kappa shape index (κ1) is 20.1. The molecule has 0 bridgehead atoms.